The number of rotatable bonds is 10. The molecule has 0 bridgehead atoms. The zero-order valence-corrected chi connectivity index (χ0v) is 20.1. The van der Waals surface area contributed by atoms with E-state index >= 15 is 0 Å². The van der Waals surface area contributed by atoms with Crippen molar-refractivity contribution in [3.63, 3.8) is 0 Å². The van der Waals surface area contributed by atoms with Crippen LogP contribution in [0.1, 0.15) is 29.7 Å². The molecule has 9 nitrogen and oxygen atoms in total. The molecule has 0 saturated heterocycles. The first kappa shape index (κ1) is 26.0. The molecule has 4 rings (SSSR count). The fraction of sp³-hybridized carbons (Fsp3) is 0.250. The van der Waals surface area contributed by atoms with Crippen LogP contribution in [0.2, 0.25) is 5.02 Å². The molecule has 2 aromatic heterocycles. The van der Waals surface area contributed by atoms with Crippen LogP contribution in [-0.2, 0) is 25.7 Å². The van der Waals surface area contributed by atoms with Crippen molar-refractivity contribution in [3.05, 3.63) is 83.0 Å². The van der Waals surface area contributed by atoms with E-state index in [0.29, 0.717) is 11.4 Å². The number of amides is 2. The van der Waals surface area contributed by atoms with Crippen LogP contribution in [0.5, 0.6) is 5.75 Å². The van der Waals surface area contributed by atoms with Crippen molar-refractivity contribution in [1.82, 2.24) is 20.0 Å². The highest BCUT2D eigenvalue weighted by Gasteiger charge is 2.33. The van der Waals surface area contributed by atoms with Crippen molar-refractivity contribution in [2.45, 2.75) is 38.6 Å². The molecular formula is C24H22ClF3N6O3. The average Bonchev–Trinajstić information content (AvgIpc) is 3.54. The summed E-state index contributed by atoms with van der Waals surface area (Å²) >= 11 is 5.58. The summed E-state index contributed by atoms with van der Waals surface area (Å²) in [4.78, 5) is 16.2. The van der Waals surface area contributed by atoms with Crippen LogP contribution in [0, 0.1) is 0 Å². The molecule has 4 aromatic rings. The van der Waals surface area contributed by atoms with Crippen LogP contribution < -0.4 is 15.4 Å². The van der Waals surface area contributed by atoms with Crippen LogP contribution in [0.15, 0.2) is 65.5 Å². The van der Waals surface area contributed by atoms with Gasteiger partial charge in [-0.2, -0.15) is 18.2 Å². The van der Waals surface area contributed by atoms with Crippen molar-refractivity contribution >= 4 is 29.3 Å². The Labute approximate surface area is 214 Å². The van der Waals surface area contributed by atoms with Gasteiger partial charge in [0.2, 0.25) is 0 Å². The van der Waals surface area contributed by atoms with Crippen LogP contribution >= 0.6 is 11.6 Å². The molecule has 13 heteroatoms. The average molecular weight is 535 g/mol. The summed E-state index contributed by atoms with van der Waals surface area (Å²) < 4.78 is 51.6. The second-order valence-electron chi connectivity index (χ2n) is 7.97. The number of nitrogens with zero attached hydrogens (tertiary/aromatic N) is 4. The lowest BCUT2D eigenvalue weighted by Crippen LogP contribution is -2.20. The summed E-state index contributed by atoms with van der Waals surface area (Å²) in [5.74, 6) is 0.643. The minimum absolute atomic E-state index is 0.0934. The summed E-state index contributed by atoms with van der Waals surface area (Å²) in [6.45, 7) is 0.924. The molecule has 0 aliphatic rings. The third-order valence-corrected chi connectivity index (χ3v) is 5.52. The molecular weight excluding hydrogens is 513 g/mol. The number of unbranched alkanes of at least 4 members (excludes halogenated alkanes) is 1. The molecule has 194 valence electrons. The number of anilines is 2. The van der Waals surface area contributed by atoms with E-state index in [1.807, 2.05) is 30.5 Å². The number of aromatic nitrogens is 4. The Morgan fingerprint density at radius 2 is 1.92 bits per heavy atom. The molecule has 0 saturated carbocycles. The molecule has 0 radical (unpaired) electrons. The number of carbonyl (C=O) groups excluding carboxylic acids is 1. The minimum atomic E-state index is -4.65. The maximum Gasteiger partial charge on any atom is 0.417 e. The van der Waals surface area contributed by atoms with Gasteiger partial charge < -0.3 is 14.5 Å². The predicted octanol–water partition coefficient (Wildman–Crippen LogP) is 6.18. The molecule has 2 N–H and O–H groups in total. The molecule has 2 heterocycles. The first-order valence-electron chi connectivity index (χ1n) is 11.2. The van der Waals surface area contributed by atoms with Gasteiger partial charge in [-0.3, -0.25) is 10.00 Å². The third kappa shape index (κ3) is 7.71. The summed E-state index contributed by atoms with van der Waals surface area (Å²) in [7, 11) is 0. The monoisotopic (exact) mass is 534 g/mol. The number of halogens is 4. The lowest BCUT2D eigenvalue weighted by molar-refractivity contribution is -0.137. The zero-order chi connectivity index (χ0) is 26.3. The minimum Gasteiger partial charge on any atom is -0.487 e. The first-order valence-corrected chi connectivity index (χ1v) is 11.6. The second-order valence-corrected chi connectivity index (χ2v) is 8.38. The first-order chi connectivity index (χ1) is 17.8. The second kappa shape index (κ2) is 11.8. The van der Waals surface area contributed by atoms with Crippen molar-refractivity contribution in [3.8, 4) is 5.75 Å². The van der Waals surface area contributed by atoms with Crippen LogP contribution in [0.3, 0.4) is 0 Å². The number of urea groups is 1. The standard InChI is InChI=1S/C24H22ClF3N6O3/c25-21-9-6-17(13-20(21)24(26,27)28)30-22(35)32-23-31-18(15-37-23)14-36-19-7-4-16(5-8-19)3-1-2-11-34-12-10-29-33-34/h4-10,12-13,15H,1-3,11,14H2,(H2,30,31,32,35). The Balaban J connectivity index is 1.21. The third-order valence-electron chi connectivity index (χ3n) is 5.19. The lowest BCUT2D eigenvalue weighted by atomic mass is 10.1. The Hall–Kier alpha value is -4.06. The molecule has 2 aromatic carbocycles. The van der Waals surface area contributed by atoms with Gasteiger partial charge in [-0.15, -0.1) is 5.10 Å². The van der Waals surface area contributed by atoms with Crippen LogP contribution in [0.4, 0.5) is 29.7 Å². The van der Waals surface area contributed by atoms with E-state index in [-0.39, 0.29) is 18.3 Å². The van der Waals surface area contributed by atoms with Gasteiger partial charge in [0.25, 0.3) is 0 Å². The van der Waals surface area contributed by atoms with Gasteiger partial charge in [-0.25, -0.2) is 4.79 Å². The fourth-order valence-electron chi connectivity index (χ4n) is 3.37. The number of hydrogen-bond acceptors (Lipinski definition) is 6. The summed E-state index contributed by atoms with van der Waals surface area (Å²) in [6.07, 6.45) is 3.11. The Kier molecular flexibility index (Phi) is 8.29. The van der Waals surface area contributed by atoms with Crippen molar-refractivity contribution in [1.29, 1.82) is 0 Å². The molecule has 2 amide bonds. The normalized spacial score (nSPS) is 11.4. The largest absolute Gasteiger partial charge is 0.487 e. The molecule has 0 aliphatic carbocycles. The van der Waals surface area contributed by atoms with Crippen molar-refractivity contribution < 1.29 is 27.1 Å². The smallest absolute Gasteiger partial charge is 0.417 e. The maximum atomic E-state index is 13.0. The molecule has 0 atom stereocenters. The van der Waals surface area contributed by atoms with E-state index in [1.165, 1.54) is 17.9 Å². The van der Waals surface area contributed by atoms with Crippen LogP contribution in [0.25, 0.3) is 0 Å². The number of hydrogen-bond donors (Lipinski definition) is 2. The molecule has 0 unspecified atom stereocenters. The highest BCUT2D eigenvalue weighted by Crippen LogP contribution is 2.36. The summed E-state index contributed by atoms with van der Waals surface area (Å²) in [6, 6.07) is 9.77. The lowest BCUT2D eigenvalue weighted by Gasteiger charge is -2.11. The van der Waals surface area contributed by atoms with Gasteiger partial charge in [-0.05, 0) is 55.2 Å². The number of carbonyl (C=O) groups is 1. The van der Waals surface area contributed by atoms with Gasteiger partial charge in [-0.1, -0.05) is 28.9 Å². The van der Waals surface area contributed by atoms with Gasteiger partial charge in [0, 0.05) is 18.4 Å². The SMILES string of the molecule is O=C(Nc1ccc(Cl)c(C(F)(F)F)c1)Nc1nc(COc2ccc(CCCCn3ccnn3)cc2)co1. The van der Waals surface area contributed by atoms with Crippen LogP contribution in [-0.4, -0.2) is 26.0 Å². The predicted molar refractivity (Wildman–Crippen MR) is 129 cm³/mol. The highest BCUT2D eigenvalue weighted by molar-refractivity contribution is 6.31. The van der Waals surface area contributed by atoms with E-state index in [9.17, 15) is 18.0 Å². The number of benzene rings is 2. The Bertz CT molecular complexity index is 1310. The molecule has 0 fully saturated rings. The van der Waals surface area contributed by atoms with E-state index in [1.54, 1.807) is 10.9 Å². The van der Waals surface area contributed by atoms with E-state index < -0.39 is 22.8 Å². The number of ether oxygens (including phenoxy) is 1. The maximum absolute atomic E-state index is 13.0. The van der Waals surface area contributed by atoms with Gasteiger partial charge in [0.1, 0.15) is 24.3 Å². The Morgan fingerprint density at radius 3 is 2.65 bits per heavy atom. The Morgan fingerprint density at radius 1 is 1.11 bits per heavy atom. The van der Waals surface area contributed by atoms with E-state index in [4.69, 9.17) is 20.8 Å². The van der Waals surface area contributed by atoms with E-state index in [2.05, 4.69) is 25.9 Å². The number of alkyl halides is 3. The van der Waals surface area contributed by atoms with Gasteiger partial charge in [0.15, 0.2) is 0 Å². The van der Waals surface area contributed by atoms with Gasteiger partial charge in [0.05, 0.1) is 16.8 Å². The number of nitrogens with one attached hydrogen (secondary N) is 2. The quantitative estimate of drug-likeness (QED) is 0.235. The number of oxazole rings is 1. The molecule has 0 aliphatic heterocycles. The number of aryl methyl sites for hydroxylation is 2. The molecule has 37 heavy (non-hydrogen) atoms. The van der Waals surface area contributed by atoms with Crippen molar-refractivity contribution in [2.75, 3.05) is 10.6 Å². The van der Waals surface area contributed by atoms with Gasteiger partial charge >= 0.3 is 18.2 Å². The molecule has 0 spiro atoms. The van der Waals surface area contributed by atoms with E-state index in [0.717, 1.165) is 37.9 Å². The summed E-state index contributed by atoms with van der Waals surface area (Å²) in [5.41, 5.74) is 0.452. The zero-order valence-electron chi connectivity index (χ0n) is 19.3. The highest BCUT2D eigenvalue weighted by atomic mass is 35.5. The van der Waals surface area contributed by atoms with Crippen molar-refractivity contribution in [2.24, 2.45) is 0 Å². The fourth-order valence-corrected chi connectivity index (χ4v) is 3.60. The topological polar surface area (TPSA) is 107 Å². The summed E-state index contributed by atoms with van der Waals surface area (Å²) in [5, 5.41) is 11.8.